The summed E-state index contributed by atoms with van der Waals surface area (Å²) in [6.45, 7) is 1.74. The molecule has 0 bridgehead atoms. The van der Waals surface area contributed by atoms with E-state index in [4.69, 9.17) is 9.15 Å². The Morgan fingerprint density at radius 1 is 1.32 bits per heavy atom. The molecule has 22 heavy (non-hydrogen) atoms. The number of fused-ring (bicyclic) bond motifs is 1. The first kappa shape index (κ1) is 14.3. The molecule has 0 unspecified atom stereocenters. The molecule has 9 nitrogen and oxygen atoms in total. The number of nitro benzene ring substituents is 1. The maximum atomic E-state index is 12.2. The molecular weight excluding hydrogens is 294 g/mol. The van der Waals surface area contributed by atoms with Crippen molar-refractivity contribution in [2.24, 2.45) is 0 Å². The molecule has 2 heterocycles. The Kier molecular flexibility index (Phi) is 3.63. The zero-order valence-corrected chi connectivity index (χ0v) is 11.6. The molecule has 9 heteroatoms. The van der Waals surface area contributed by atoms with Crippen molar-refractivity contribution in [3.8, 4) is 0 Å². The van der Waals surface area contributed by atoms with Gasteiger partial charge in [0.2, 0.25) is 5.91 Å². The summed E-state index contributed by atoms with van der Waals surface area (Å²) >= 11 is 0. The first-order chi connectivity index (χ1) is 10.6. The molecule has 1 fully saturated rings. The molecule has 0 radical (unpaired) electrons. The summed E-state index contributed by atoms with van der Waals surface area (Å²) in [6, 6.07) is 3.85. The van der Waals surface area contributed by atoms with Gasteiger partial charge in [-0.15, -0.1) is 0 Å². The van der Waals surface area contributed by atoms with Gasteiger partial charge in [0.1, 0.15) is 6.54 Å². The van der Waals surface area contributed by atoms with E-state index in [0.717, 1.165) is 0 Å². The SMILES string of the molecule is O=C(Cn1c(=O)oc2cc([N+](=O)[O-])ccc21)N1CCOCC1. The molecule has 0 aliphatic carbocycles. The highest BCUT2D eigenvalue weighted by Crippen LogP contribution is 2.20. The lowest BCUT2D eigenvalue weighted by molar-refractivity contribution is -0.384. The molecule has 1 aromatic heterocycles. The van der Waals surface area contributed by atoms with Crippen LogP contribution >= 0.6 is 0 Å². The van der Waals surface area contributed by atoms with E-state index in [0.29, 0.717) is 31.8 Å². The Morgan fingerprint density at radius 2 is 2.05 bits per heavy atom. The van der Waals surface area contributed by atoms with Gasteiger partial charge in [0.25, 0.3) is 5.69 Å². The highest BCUT2D eigenvalue weighted by atomic mass is 16.6. The second-order valence-corrected chi connectivity index (χ2v) is 4.86. The quantitative estimate of drug-likeness (QED) is 0.598. The number of amides is 1. The van der Waals surface area contributed by atoms with Crippen LogP contribution in [0.5, 0.6) is 0 Å². The molecule has 1 saturated heterocycles. The van der Waals surface area contributed by atoms with Crippen LogP contribution in [0.1, 0.15) is 0 Å². The highest BCUT2D eigenvalue weighted by Gasteiger charge is 2.20. The molecule has 3 rings (SSSR count). The number of carbonyl (C=O) groups is 1. The number of hydrogen-bond donors (Lipinski definition) is 0. The van der Waals surface area contributed by atoms with Crippen LogP contribution in [0, 0.1) is 10.1 Å². The van der Waals surface area contributed by atoms with E-state index in [-0.39, 0.29) is 23.7 Å². The zero-order valence-electron chi connectivity index (χ0n) is 11.6. The Hall–Kier alpha value is -2.68. The van der Waals surface area contributed by atoms with Gasteiger partial charge in [-0.3, -0.25) is 19.5 Å². The number of nitro groups is 1. The van der Waals surface area contributed by atoms with Gasteiger partial charge in [-0.25, -0.2) is 4.79 Å². The standard InChI is InChI=1S/C13H13N3O6/c17-12(14-3-5-21-6-4-14)8-15-10-2-1-9(16(19)20)7-11(10)22-13(15)18/h1-2,7H,3-6,8H2. The van der Waals surface area contributed by atoms with E-state index < -0.39 is 10.7 Å². The monoisotopic (exact) mass is 307 g/mol. The lowest BCUT2D eigenvalue weighted by Gasteiger charge is -2.26. The van der Waals surface area contributed by atoms with Crippen LogP contribution in [0.3, 0.4) is 0 Å². The van der Waals surface area contributed by atoms with Crippen molar-refractivity contribution in [3.05, 3.63) is 38.9 Å². The summed E-state index contributed by atoms with van der Waals surface area (Å²) in [5, 5.41) is 10.7. The van der Waals surface area contributed by atoms with Gasteiger partial charge >= 0.3 is 5.76 Å². The van der Waals surface area contributed by atoms with E-state index in [1.807, 2.05) is 0 Å². The molecule has 1 aliphatic rings. The minimum atomic E-state index is -0.711. The predicted molar refractivity (Wildman–Crippen MR) is 74.5 cm³/mol. The lowest BCUT2D eigenvalue weighted by atomic mass is 10.3. The van der Waals surface area contributed by atoms with Crippen molar-refractivity contribution in [1.82, 2.24) is 9.47 Å². The highest BCUT2D eigenvalue weighted by molar-refractivity contribution is 5.80. The van der Waals surface area contributed by atoms with Gasteiger partial charge in [0.05, 0.1) is 29.7 Å². The van der Waals surface area contributed by atoms with E-state index in [2.05, 4.69) is 0 Å². The molecule has 1 aromatic carbocycles. The summed E-state index contributed by atoms with van der Waals surface area (Å²) in [6.07, 6.45) is 0. The van der Waals surface area contributed by atoms with Crippen LogP contribution < -0.4 is 5.76 Å². The Bertz CT molecular complexity index is 787. The predicted octanol–water partition coefficient (Wildman–Crippen LogP) is 0.361. The normalized spacial score (nSPS) is 15.2. The topological polar surface area (TPSA) is 108 Å². The van der Waals surface area contributed by atoms with Crippen molar-refractivity contribution in [2.45, 2.75) is 6.54 Å². The van der Waals surface area contributed by atoms with Crippen molar-refractivity contribution >= 4 is 22.7 Å². The maximum Gasteiger partial charge on any atom is 0.420 e. The summed E-state index contributed by atoms with van der Waals surface area (Å²) < 4.78 is 11.3. The zero-order chi connectivity index (χ0) is 15.7. The number of oxazole rings is 1. The van der Waals surface area contributed by atoms with Crippen molar-refractivity contribution < 1.29 is 18.9 Å². The fraction of sp³-hybridized carbons (Fsp3) is 0.385. The third-order valence-electron chi connectivity index (χ3n) is 3.52. The average Bonchev–Trinajstić information content (AvgIpc) is 2.83. The number of carbonyl (C=O) groups excluding carboxylic acids is 1. The van der Waals surface area contributed by atoms with E-state index in [1.54, 1.807) is 4.90 Å². The number of morpholine rings is 1. The molecule has 1 aliphatic heterocycles. The number of rotatable bonds is 3. The van der Waals surface area contributed by atoms with E-state index in [9.17, 15) is 19.7 Å². The fourth-order valence-corrected chi connectivity index (χ4v) is 2.37. The summed E-state index contributed by atoms with van der Waals surface area (Å²) in [4.78, 5) is 35.8. The maximum absolute atomic E-state index is 12.2. The number of nitrogens with zero attached hydrogens (tertiary/aromatic N) is 3. The van der Waals surface area contributed by atoms with Gasteiger partial charge in [-0.1, -0.05) is 0 Å². The van der Waals surface area contributed by atoms with Gasteiger partial charge in [0, 0.05) is 19.2 Å². The lowest BCUT2D eigenvalue weighted by Crippen LogP contribution is -2.43. The number of benzene rings is 1. The smallest absolute Gasteiger partial charge is 0.407 e. The minimum absolute atomic E-state index is 0.0916. The Morgan fingerprint density at radius 3 is 2.73 bits per heavy atom. The van der Waals surface area contributed by atoms with Gasteiger partial charge in [-0.2, -0.15) is 0 Å². The molecule has 0 saturated carbocycles. The van der Waals surface area contributed by atoms with E-state index >= 15 is 0 Å². The average molecular weight is 307 g/mol. The van der Waals surface area contributed by atoms with Crippen LogP contribution in [0.4, 0.5) is 5.69 Å². The minimum Gasteiger partial charge on any atom is -0.407 e. The Labute approximate surface area is 123 Å². The van der Waals surface area contributed by atoms with Crippen LogP contribution in [-0.4, -0.2) is 46.6 Å². The Balaban J connectivity index is 1.90. The third kappa shape index (κ3) is 2.58. The number of hydrogen-bond acceptors (Lipinski definition) is 6. The van der Waals surface area contributed by atoms with Crippen LogP contribution in [0.15, 0.2) is 27.4 Å². The largest absolute Gasteiger partial charge is 0.420 e. The first-order valence-corrected chi connectivity index (χ1v) is 6.69. The van der Waals surface area contributed by atoms with Crippen LogP contribution in [0.2, 0.25) is 0 Å². The molecule has 0 N–H and O–H groups in total. The summed E-state index contributed by atoms with van der Waals surface area (Å²) in [7, 11) is 0. The molecule has 116 valence electrons. The van der Waals surface area contributed by atoms with Crippen molar-refractivity contribution in [3.63, 3.8) is 0 Å². The third-order valence-corrected chi connectivity index (χ3v) is 3.52. The van der Waals surface area contributed by atoms with Crippen LogP contribution in [0.25, 0.3) is 11.1 Å². The molecular formula is C13H13N3O6. The molecule has 0 atom stereocenters. The molecule has 1 amide bonds. The molecule has 2 aromatic rings. The van der Waals surface area contributed by atoms with Gasteiger partial charge < -0.3 is 14.1 Å². The summed E-state index contributed by atoms with van der Waals surface area (Å²) in [5.74, 6) is -0.927. The van der Waals surface area contributed by atoms with E-state index in [1.165, 1.54) is 22.8 Å². The fourth-order valence-electron chi connectivity index (χ4n) is 2.37. The van der Waals surface area contributed by atoms with Crippen molar-refractivity contribution in [1.29, 1.82) is 0 Å². The van der Waals surface area contributed by atoms with Crippen molar-refractivity contribution in [2.75, 3.05) is 26.3 Å². The first-order valence-electron chi connectivity index (χ1n) is 6.69. The molecule has 0 spiro atoms. The second kappa shape index (κ2) is 5.60. The summed E-state index contributed by atoms with van der Waals surface area (Å²) in [5.41, 5.74) is 0.277. The number of non-ortho nitro benzene ring substituents is 1. The van der Waals surface area contributed by atoms with Gasteiger partial charge in [0.15, 0.2) is 5.58 Å². The number of ether oxygens (including phenoxy) is 1. The van der Waals surface area contributed by atoms with Gasteiger partial charge in [-0.05, 0) is 6.07 Å². The number of aromatic nitrogens is 1. The van der Waals surface area contributed by atoms with Crippen LogP contribution in [-0.2, 0) is 16.1 Å². The second-order valence-electron chi connectivity index (χ2n) is 4.86.